The van der Waals surface area contributed by atoms with E-state index in [4.69, 9.17) is 4.42 Å². The van der Waals surface area contributed by atoms with Crippen LogP contribution in [0, 0.1) is 5.82 Å². The van der Waals surface area contributed by atoms with Gasteiger partial charge in [0.05, 0.1) is 0 Å². The average molecular weight is 305 g/mol. The Morgan fingerprint density at radius 1 is 0.913 bits per heavy atom. The molecule has 0 spiro atoms. The van der Waals surface area contributed by atoms with Crippen LogP contribution in [0.5, 0.6) is 0 Å². The molecule has 0 atom stereocenters. The average Bonchev–Trinajstić information content (AvgIpc) is 3.02. The highest BCUT2D eigenvalue weighted by molar-refractivity contribution is 6.10. The summed E-state index contributed by atoms with van der Waals surface area (Å²) in [6, 6.07) is 19.1. The minimum atomic E-state index is -0.364. The fourth-order valence-electron chi connectivity index (χ4n) is 2.63. The largest absolute Gasteiger partial charge is 0.451 e. The van der Waals surface area contributed by atoms with Crippen LogP contribution in [0.25, 0.3) is 21.7 Å². The quantitative estimate of drug-likeness (QED) is 0.567. The molecule has 0 aliphatic carbocycles. The Hall–Kier alpha value is -3.14. The Balaban J connectivity index is 1.72. The zero-order chi connectivity index (χ0) is 15.8. The summed E-state index contributed by atoms with van der Waals surface area (Å²) in [5, 5.41) is 5.72. The van der Waals surface area contributed by atoms with Crippen molar-refractivity contribution < 1.29 is 13.6 Å². The minimum Gasteiger partial charge on any atom is -0.451 e. The summed E-state index contributed by atoms with van der Waals surface area (Å²) in [7, 11) is 0. The molecule has 0 radical (unpaired) electrons. The first kappa shape index (κ1) is 13.5. The fourth-order valence-corrected chi connectivity index (χ4v) is 2.63. The molecule has 1 aromatic heterocycles. The van der Waals surface area contributed by atoms with E-state index in [9.17, 15) is 9.18 Å². The first-order valence-corrected chi connectivity index (χ1v) is 7.19. The van der Waals surface area contributed by atoms with E-state index >= 15 is 0 Å². The van der Waals surface area contributed by atoms with Gasteiger partial charge in [0.25, 0.3) is 5.91 Å². The number of anilines is 1. The Bertz CT molecular complexity index is 1020. The molecule has 1 heterocycles. The Labute approximate surface area is 131 Å². The molecule has 4 aromatic rings. The topological polar surface area (TPSA) is 42.2 Å². The van der Waals surface area contributed by atoms with Crippen molar-refractivity contribution in [2.24, 2.45) is 0 Å². The van der Waals surface area contributed by atoms with E-state index in [-0.39, 0.29) is 17.5 Å². The van der Waals surface area contributed by atoms with Gasteiger partial charge in [0, 0.05) is 11.1 Å². The van der Waals surface area contributed by atoms with Gasteiger partial charge < -0.3 is 9.73 Å². The molecule has 0 aliphatic heterocycles. The lowest BCUT2D eigenvalue weighted by Gasteiger charge is -2.02. The molecule has 1 N–H and O–H groups in total. The van der Waals surface area contributed by atoms with Gasteiger partial charge in [-0.15, -0.1) is 0 Å². The van der Waals surface area contributed by atoms with Crippen LogP contribution in [0.15, 0.2) is 71.1 Å². The zero-order valence-electron chi connectivity index (χ0n) is 12.0. The predicted octanol–water partition coefficient (Wildman–Crippen LogP) is 4.98. The standard InChI is InChI=1S/C19H12FNO2/c20-13-6-8-14(9-7-13)21-19(22)18-11-16-15-4-2-1-3-12(15)5-10-17(16)23-18/h1-11H,(H,21,22). The van der Waals surface area contributed by atoms with Crippen molar-refractivity contribution in [1.29, 1.82) is 0 Å². The monoisotopic (exact) mass is 305 g/mol. The van der Waals surface area contributed by atoms with Crippen molar-refractivity contribution in [2.75, 3.05) is 5.32 Å². The SMILES string of the molecule is O=C(Nc1ccc(F)cc1)c1cc2c(ccc3ccccc32)o1. The number of furan rings is 1. The van der Waals surface area contributed by atoms with Crippen molar-refractivity contribution in [3.8, 4) is 0 Å². The molecule has 23 heavy (non-hydrogen) atoms. The minimum absolute atomic E-state index is 0.223. The molecule has 3 nitrogen and oxygen atoms in total. The van der Waals surface area contributed by atoms with Gasteiger partial charge in [0.1, 0.15) is 11.4 Å². The zero-order valence-corrected chi connectivity index (χ0v) is 12.0. The molecule has 3 aromatic carbocycles. The maximum atomic E-state index is 12.9. The summed E-state index contributed by atoms with van der Waals surface area (Å²) in [6.07, 6.45) is 0. The third-order valence-electron chi connectivity index (χ3n) is 3.75. The third kappa shape index (κ3) is 2.44. The predicted molar refractivity (Wildman–Crippen MR) is 88.1 cm³/mol. The Kier molecular flexibility index (Phi) is 3.08. The highest BCUT2D eigenvalue weighted by atomic mass is 19.1. The van der Waals surface area contributed by atoms with Crippen LogP contribution in [0.1, 0.15) is 10.6 Å². The van der Waals surface area contributed by atoms with E-state index in [1.807, 2.05) is 36.4 Å². The molecule has 0 bridgehead atoms. The molecule has 112 valence electrons. The molecule has 0 fully saturated rings. The van der Waals surface area contributed by atoms with Gasteiger partial charge in [0.2, 0.25) is 0 Å². The van der Waals surface area contributed by atoms with Gasteiger partial charge in [-0.2, -0.15) is 0 Å². The first-order valence-electron chi connectivity index (χ1n) is 7.19. The number of rotatable bonds is 2. The number of carbonyl (C=O) groups excluding carboxylic acids is 1. The molecular formula is C19H12FNO2. The Morgan fingerprint density at radius 2 is 1.70 bits per heavy atom. The number of carbonyl (C=O) groups is 1. The maximum absolute atomic E-state index is 12.9. The number of amides is 1. The number of hydrogen-bond donors (Lipinski definition) is 1. The summed E-state index contributed by atoms with van der Waals surface area (Å²) in [5.74, 6) is -0.490. The van der Waals surface area contributed by atoms with E-state index in [0.29, 0.717) is 11.3 Å². The highest BCUT2D eigenvalue weighted by Gasteiger charge is 2.14. The number of hydrogen-bond acceptors (Lipinski definition) is 2. The molecule has 4 heteroatoms. The van der Waals surface area contributed by atoms with Gasteiger partial charge in [-0.3, -0.25) is 4.79 Å². The highest BCUT2D eigenvalue weighted by Crippen LogP contribution is 2.28. The van der Waals surface area contributed by atoms with Gasteiger partial charge in [-0.1, -0.05) is 30.3 Å². The normalized spacial score (nSPS) is 11.0. The maximum Gasteiger partial charge on any atom is 0.291 e. The second-order valence-electron chi connectivity index (χ2n) is 5.27. The summed E-state index contributed by atoms with van der Waals surface area (Å²) in [5.41, 5.74) is 1.18. The lowest BCUT2D eigenvalue weighted by Crippen LogP contribution is -2.10. The van der Waals surface area contributed by atoms with Gasteiger partial charge in [0.15, 0.2) is 5.76 Å². The van der Waals surface area contributed by atoms with Gasteiger partial charge in [-0.05, 0) is 47.2 Å². The molecule has 0 unspecified atom stereocenters. The first-order chi connectivity index (χ1) is 11.2. The molecule has 0 saturated heterocycles. The van der Waals surface area contributed by atoms with Crippen LogP contribution in [0.4, 0.5) is 10.1 Å². The summed E-state index contributed by atoms with van der Waals surface area (Å²) in [4.78, 5) is 12.3. The van der Waals surface area contributed by atoms with Crippen LogP contribution in [0.3, 0.4) is 0 Å². The molecule has 0 aliphatic rings. The summed E-state index contributed by atoms with van der Waals surface area (Å²) >= 11 is 0. The van der Waals surface area contributed by atoms with E-state index < -0.39 is 0 Å². The molecule has 0 saturated carbocycles. The number of benzene rings is 3. The third-order valence-corrected chi connectivity index (χ3v) is 3.75. The summed E-state index contributed by atoms with van der Waals surface area (Å²) < 4.78 is 18.6. The van der Waals surface area contributed by atoms with E-state index in [0.717, 1.165) is 16.2 Å². The molecular weight excluding hydrogens is 293 g/mol. The lowest BCUT2D eigenvalue weighted by atomic mass is 10.1. The van der Waals surface area contributed by atoms with Crippen LogP contribution in [0.2, 0.25) is 0 Å². The van der Waals surface area contributed by atoms with E-state index in [1.54, 1.807) is 6.07 Å². The van der Waals surface area contributed by atoms with Crippen molar-refractivity contribution in [3.05, 3.63) is 78.3 Å². The second kappa shape index (κ2) is 5.25. The van der Waals surface area contributed by atoms with E-state index in [1.165, 1.54) is 24.3 Å². The van der Waals surface area contributed by atoms with Gasteiger partial charge >= 0.3 is 0 Å². The van der Waals surface area contributed by atoms with Crippen molar-refractivity contribution >= 4 is 33.3 Å². The Morgan fingerprint density at radius 3 is 2.52 bits per heavy atom. The number of halogens is 1. The molecule has 4 rings (SSSR count). The molecule has 1 amide bonds. The van der Waals surface area contributed by atoms with E-state index in [2.05, 4.69) is 5.32 Å². The van der Waals surface area contributed by atoms with Crippen LogP contribution >= 0.6 is 0 Å². The van der Waals surface area contributed by atoms with Crippen molar-refractivity contribution in [1.82, 2.24) is 0 Å². The lowest BCUT2D eigenvalue weighted by molar-refractivity contribution is 0.0998. The van der Waals surface area contributed by atoms with Crippen LogP contribution in [-0.2, 0) is 0 Å². The smallest absolute Gasteiger partial charge is 0.291 e. The van der Waals surface area contributed by atoms with Crippen LogP contribution < -0.4 is 5.32 Å². The second-order valence-corrected chi connectivity index (χ2v) is 5.27. The van der Waals surface area contributed by atoms with Crippen LogP contribution in [-0.4, -0.2) is 5.91 Å². The van der Waals surface area contributed by atoms with Crippen molar-refractivity contribution in [2.45, 2.75) is 0 Å². The fraction of sp³-hybridized carbons (Fsp3) is 0. The summed E-state index contributed by atoms with van der Waals surface area (Å²) in [6.45, 7) is 0. The number of fused-ring (bicyclic) bond motifs is 3. The van der Waals surface area contributed by atoms with Crippen molar-refractivity contribution in [3.63, 3.8) is 0 Å². The van der Waals surface area contributed by atoms with Gasteiger partial charge in [-0.25, -0.2) is 4.39 Å². The number of nitrogens with one attached hydrogen (secondary N) is 1.